The molecule has 0 saturated heterocycles. The molecule has 0 saturated carbocycles. The van der Waals surface area contributed by atoms with Crippen molar-refractivity contribution in [1.29, 1.82) is 0 Å². The largest absolute Gasteiger partial charge is 1.00 e. The summed E-state index contributed by atoms with van der Waals surface area (Å²) >= 11 is 0. The quantitative estimate of drug-likeness (QED) is 0.413. The molecule has 2 rings (SSSR count). The smallest absolute Gasteiger partial charge is 0.872 e. The molecule has 0 spiro atoms. The molecule has 0 amide bonds. The van der Waals surface area contributed by atoms with Crippen LogP contribution in [0, 0.1) is 0 Å². The van der Waals surface area contributed by atoms with Crippen molar-refractivity contribution in [3.8, 4) is 17.2 Å². The molecule has 0 heterocycles. The van der Waals surface area contributed by atoms with E-state index in [4.69, 9.17) is 4.74 Å². The van der Waals surface area contributed by atoms with Gasteiger partial charge in [-0.25, -0.2) is 0 Å². The molecule has 0 radical (unpaired) electrons. The summed E-state index contributed by atoms with van der Waals surface area (Å²) in [5, 5.41) is 11.6. The third-order valence-electron chi connectivity index (χ3n) is 3.69. The number of unbranched alkanes of at least 4 members (excludes halogenated alkanes) is 3. The Morgan fingerprint density at radius 3 is 2.44 bits per heavy atom. The number of hydrogen-bond acceptors (Lipinski definition) is 4. The third kappa shape index (κ3) is 7.01. The van der Waals surface area contributed by atoms with Gasteiger partial charge >= 0.3 is 51.4 Å². The number of ether oxygens (including phenoxy) is 1. The van der Waals surface area contributed by atoms with E-state index in [1.807, 2.05) is 0 Å². The molecule has 0 unspecified atom stereocenters. The van der Waals surface area contributed by atoms with Crippen molar-refractivity contribution in [2.45, 2.75) is 43.9 Å². The normalized spacial score (nSPS) is 11.0. The third-order valence-corrected chi connectivity index (χ3v) is 4.58. The molecule has 0 aliphatic carbocycles. The van der Waals surface area contributed by atoms with E-state index < -0.39 is 10.1 Å². The van der Waals surface area contributed by atoms with E-state index in [9.17, 15) is 18.1 Å². The topological polar surface area (TPSA) is 86.7 Å². The average Bonchev–Trinajstić information content (AvgIpc) is 2.53. The Morgan fingerprint density at radius 1 is 1.04 bits per heavy atom. The minimum absolute atomic E-state index is 0. The van der Waals surface area contributed by atoms with Crippen LogP contribution in [-0.4, -0.2) is 13.0 Å². The molecule has 7 heteroatoms. The summed E-state index contributed by atoms with van der Waals surface area (Å²) in [5.41, 5.74) is 0.843. The predicted molar refractivity (Wildman–Crippen MR) is 90.1 cm³/mol. The van der Waals surface area contributed by atoms with E-state index in [-0.39, 0.29) is 67.8 Å². The minimum Gasteiger partial charge on any atom is -0.872 e. The molecule has 5 nitrogen and oxygen atoms in total. The zero-order chi connectivity index (χ0) is 17.6. The second-order valence-electron chi connectivity index (χ2n) is 5.60. The van der Waals surface area contributed by atoms with E-state index >= 15 is 0 Å². The first-order chi connectivity index (χ1) is 11.4. The molecule has 0 bridgehead atoms. The average molecular weight is 389 g/mol. The summed E-state index contributed by atoms with van der Waals surface area (Å²) in [6.45, 7) is 2.13. The van der Waals surface area contributed by atoms with E-state index in [1.165, 1.54) is 30.3 Å². The SMILES string of the molecule is CCCCCCc1ccc([O-])cc1Oc1ccccc1S(=O)(=O)O.[K+]. The van der Waals surface area contributed by atoms with Gasteiger partial charge in [0.2, 0.25) is 0 Å². The first-order valence-electron chi connectivity index (χ1n) is 7.96. The first kappa shape index (κ1) is 22.6. The van der Waals surface area contributed by atoms with Crippen LogP contribution < -0.4 is 61.2 Å². The molecule has 0 aliphatic heterocycles. The maximum absolute atomic E-state index is 11.6. The second-order valence-corrected chi connectivity index (χ2v) is 6.99. The van der Waals surface area contributed by atoms with Crippen molar-refractivity contribution in [3.05, 3.63) is 48.0 Å². The maximum atomic E-state index is 11.6. The van der Waals surface area contributed by atoms with Gasteiger partial charge in [-0.05, 0) is 36.6 Å². The Bertz CT molecular complexity index is 790. The predicted octanol–water partition coefficient (Wildman–Crippen LogP) is 0.926. The fraction of sp³-hybridized carbons (Fsp3) is 0.333. The van der Waals surface area contributed by atoms with Crippen LogP contribution >= 0.6 is 0 Å². The fourth-order valence-electron chi connectivity index (χ4n) is 2.44. The van der Waals surface area contributed by atoms with Gasteiger partial charge in [0, 0.05) is 0 Å². The molecular formula is C18H21KO5S. The number of benzene rings is 2. The fourth-order valence-corrected chi connectivity index (χ4v) is 3.06. The van der Waals surface area contributed by atoms with Gasteiger partial charge in [-0.3, -0.25) is 4.55 Å². The monoisotopic (exact) mass is 388 g/mol. The van der Waals surface area contributed by atoms with E-state index in [2.05, 4.69) is 6.92 Å². The van der Waals surface area contributed by atoms with Gasteiger partial charge in [0.15, 0.2) is 0 Å². The minimum atomic E-state index is -4.40. The number of hydrogen-bond donors (Lipinski definition) is 1. The van der Waals surface area contributed by atoms with Crippen LogP contribution in [0.15, 0.2) is 47.4 Å². The van der Waals surface area contributed by atoms with Crippen LogP contribution in [0.5, 0.6) is 17.2 Å². The zero-order valence-electron chi connectivity index (χ0n) is 14.6. The summed E-state index contributed by atoms with van der Waals surface area (Å²) in [7, 11) is -4.40. The molecule has 130 valence electrons. The van der Waals surface area contributed by atoms with Crippen molar-refractivity contribution < 1.29 is 74.2 Å². The molecule has 0 fully saturated rings. The van der Waals surface area contributed by atoms with Gasteiger partial charge < -0.3 is 9.84 Å². The molecule has 0 aliphatic rings. The standard InChI is InChI=1S/C18H22O5S.K/c1-2-3-4-5-8-14-11-12-15(19)13-17(14)23-16-9-6-7-10-18(16)24(20,21)22;/h6-7,9-13,19H,2-5,8H2,1H3,(H,20,21,22);/q;+1/p-1. The van der Waals surface area contributed by atoms with Crippen molar-refractivity contribution in [2.75, 3.05) is 0 Å². The van der Waals surface area contributed by atoms with Crippen LogP contribution in [0.3, 0.4) is 0 Å². The van der Waals surface area contributed by atoms with Crippen LogP contribution in [0.25, 0.3) is 0 Å². The summed E-state index contributed by atoms with van der Waals surface area (Å²) in [6.07, 6.45) is 5.05. The van der Waals surface area contributed by atoms with Crippen molar-refractivity contribution in [1.82, 2.24) is 0 Å². The molecular weight excluding hydrogens is 367 g/mol. The summed E-state index contributed by atoms with van der Waals surface area (Å²) in [6, 6.07) is 10.3. The van der Waals surface area contributed by atoms with Crippen LogP contribution in [0.2, 0.25) is 0 Å². The van der Waals surface area contributed by atoms with Crippen molar-refractivity contribution >= 4 is 10.1 Å². The zero-order valence-corrected chi connectivity index (χ0v) is 18.5. The van der Waals surface area contributed by atoms with Crippen LogP contribution in [0.4, 0.5) is 0 Å². The first-order valence-corrected chi connectivity index (χ1v) is 9.40. The summed E-state index contributed by atoms with van der Waals surface area (Å²) in [5.74, 6) is 0.113. The maximum Gasteiger partial charge on any atom is 1.00 e. The summed E-state index contributed by atoms with van der Waals surface area (Å²) in [4.78, 5) is -0.321. The molecule has 0 aromatic heterocycles. The second kappa shape index (κ2) is 10.7. The molecule has 1 N–H and O–H groups in total. The molecule has 2 aromatic carbocycles. The van der Waals surface area contributed by atoms with Gasteiger partial charge in [-0.2, -0.15) is 8.42 Å². The Labute approximate surface area is 191 Å². The van der Waals surface area contributed by atoms with Crippen LogP contribution in [-0.2, 0) is 16.5 Å². The van der Waals surface area contributed by atoms with E-state index in [0.717, 1.165) is 37.7 Å². The van der Waals surface area contributed by atoms with Crippen LogP contribution in [0.1, 0.15) is 38.2 Å². The van der Waals surface area contributed by atoms with E-state index in [0.29, 0.717) is 5.75 Å². The molecule has 2 aromatic rings. The van der Waals surface area contributed by atoms with E-state index in [1.54, 1.807) is 12.1 Å². The van der Waals surface area contributed by atoms with Gasteiger partial charge in [0.05, 0.1) is 0 Å². The van der Waals surface area contributed by atoms with Crippen molar-refractivity contribution in [3.63, 3.8) is 0 Å². The van der Waals surface area contributed by atoms with Gasteiger partial charge in [-0.1, -0.05) is 50.5 Å². The van der Waals surface area contributed by atoms with Crippen molar-refractivity contribution in [2.24, 2.45) is 0 Å². The van der Waals surface area contributed by atoms with Gasteiger partial charge in [0.1, 0.15) is 16.4 Å². The van der Waals surface area contributed by atoms with Gasteiger partial charge in [0.25, 0.3) is 10.1 Å². The number of aryl methyl sites for hydroxylation is 1. The molecule has 25 heavy (non-hydrogen) atoms. The Hall–Kier alpha value is -0.414. The number of para-hydroxylation sites is 1. The Kier molecular flexibility index (Phi) is 9.65. The summed E-state index contributed by atoms with van der Waals surface area (Å²) < 4.78 is 37.9. The Balaban J connectivity index is 0.00000312. The Morgan fingerprint density at radius 2 is 1.76 bits per heavy atom. The number of rotatable bonds is 8. The molecule has 0 atom stereocenters. The van der Waals surface area contributed by atoms with Gasteiger partial charge in [-0.15, -0.1) is 5.75 Å².